The topological polar surface area (TPSA) is 35.5 Å². The zero-order valence-corrected chi connectivity index (χ0v) is 17.6. The summed E-state index contributed by atoms with van der Waals surface area (Å²) < 4.78 is 12.5. The second-order valence-electron chi connectivity index (χ2n) is 6.94. The van der Waals surface area contributed by atoms with Gasteiger partial charge in [0.1, 0.15) is 18.1 Å². The molecule has 1 unspecified atom stereocenters. The SMILES string of the molecule is CC(C)C(C(=O)OCc1cccc(Oc2ccccc2)c1)c1ccc(Br)cc1. The molecule has 28 heavy (non-hydrogen) atoms. The molecule has 0 saturated heterocycles. The average molecular weight is 439 g/mol. The second kappa shape index (κ2) is 9.56. The lowest BCUT2D eigenvalue weighted by atomic mass is 9.88. The van der Waals surface area contributed by atoms with Gasteiger partial charge in [0.15, 0.2) is 0 Å². The molecule has 0 radical (unpaired) electrons. The van der Waals surface area contributed by atoms with Crippen LogP contribution in [-0.4, -0.2) is 5.97 Å². The van der Waals surface area contributed by atoms with Crippen molar-refractivity contribution in [2.24, 2.45) is 5.92 Å². The van der Waals surface area contributed by atoms with Crippen molar-refractivity contribution in [1.82, 2.24) is 0 Å². The van der Waals surface area contributed by atoms with Gasteiger partial charge in [-0.3, -0.25) is 4.79 Å². The Labute approximate surface area is 174 Å². The molecular formula is C24H23BrO3. The highest BCUT2D eigenvalue weighted by atomic mass is 79.9. The Bertz CT molecular complexity index is 905. The number of carbonyl (C=O) groups excluding carboxylic acids is 1. The summed E-state index contributed by atoms with van der Waals surface area (Å²) in [6.07, 6.45) is 0. The molecule has 144 valence electrons. The first-order valence-corrected chi connectivity index (χ1v) is 10.1. The van der Waals surface area contributed by atoms with E-state index in [9.17, 15) is 4.79 Å². The molecule has 1 atom stereocenters. The van der Waals surface area contributed by atoms with Gasteiger partial charge in [-0.05, 0) is 53.4 Å². The van der Waals surface area contributed by atoms with E-state index in [0.29, 0.717) is 5.75 Å². The van der Waals surface area contributed by atoms with Crippen molar-refractivity contribution in [3.8, 4) is 11.5 Å². The first-order chi connectivity index (χ1) is 13.5. The average Bonchev–Trinajstić information content (AvgIpc) is 2.69. The monoisotopic (exact) mass is 438 g/mol. The van der Waals surface area contributed by atoms with E-state index in [1.807, 2.05) is 92.7 Å². The van der Waals surface area contributed by atoms with E-state index >= 15 is 0 Å². The first kappa shape index (κ1) is 20.2. The third-order valence-electron chi connectivity index (χ3n) is 4.41. The van der Waals surface area contributed by atoms with Gasteiger partial charge in [-0.1, -0.05) is 72.2 Å². The highest BCUT2D eigenvalue weighted by molar-refractivity contribution is 9.10. The fraction of sp³-hybridized carbons (Fsp3) is 0.208. The summed E-state index contributed by atoms with van der Waals surface area (Å²) >= 11 is 3.43. The van der Waals surface area contributed by atoms with Crippen LogP contribution in [0, 0.1) is 5.92 Å². The summed E-state index contributed by atoms with van der Waals surface area (Å²) in [4.78, 5) is 12.8. The molecule has 0 aliphatic heterocycles. The van der Waals surface area contributed by atoms with Crippen LogP contribution in [0.15, 0.2) is 83.3 Å². The van der Waals surface area contributed by atoms with Gasteiger partial charge in [-0.25, -0.2) is 0 Å². The smallest absolute Gasteiger partial charge is 0.314 e. The van der Waals surface area contributed by atoms with Crippen LogP contribution in [0.1, 0.15) is 30.9 Å². The van der Waals surface area contributed by atoms with Crippen molar-refractivity contribution in [3.63, 3.8) is 0 Å². The molecule has 4 heteroatoms. The highest BCUT2D eigenvalue weighted by Crippen LogP contribution is 2.28. The molecule has 0 heterocycles. The molecule has 0 amide bonds. The Morgan fingerprint density at radius 3 is 2.25 bits per heavy atom. The van der Waals surface area contributed by atoms with E-state index in [1.165, 1.54) is 0 Å². The molecule has 3 rings (SSSR count). The van der Waals surface area contributed by atoms with E-state index in [4.69, 9.17) is 9.47 Å². The van der Waals surface area contributed by atoms with E-state index in [0.717, 1.165) is 21.3 Å². The number of benzene rings is 3. The number of ether oxygens (including phenoxy) is 2. The van der Waals surface area contributed by atoms with Crippen LogP contribution in [0.2, 0.25) is 0 Å². The molecule has 0 aliphatic rings. The number of halogens is 1. The summed E-state index contributed by atoms with van der Waals surface area (Å²) in [7, 11) is 0. The summed E-state index contributed by atoms with van der Waals surface area (Å²) in [6, 6.07) is 25.0. The lowest BCUT2D eigenvalue weighted by Gasteiger charge is -2.20. The van der Waals surface area contributed by atoms with Crippen molar-refractivity contribution in [2.75, 3.05) is 0 Å². The molecule has 3 aromatic carbocycles. The Morgan fingerprint density at radius 2 is 1.57 bits per heavy atom. The van der Waals surface area contributed by atoms with E-state index in [2.05, 4.69) is 15.9 Å². The molecule has 0 N–H and O–H groups in total. The molecule has 3 nitrogen and oxygen atoms in total. The molecule has 0 bridgehead atoms. The van der Waals surface area contributed by atoms with Crippen LogP contribution >= 0.6 is 15.9 Å². The maximum Gasteiger partial charge on any atom is 0.314 e. The third kappa shape index (κ3) is 5.46. The number of hydrogen-bond donors (Lipinski definition) is 0. The highest BCUT2D eigenvalue weighted by Gasteiger charge is 2.25. The quantitative estimate of drug-likeness (QED) is 0.383. The Balaban J connectivity index is 1.66. The maximum absolute atomic E-state index is 12.8. The molecule has 0 saturated carbocycles. The molecular weight excluding hydrogens is 416 g/mol. The standard InChI is InChI=1S/C24H23BrO3/c1-17(2)23(19-11-13-20(25)14-12-19)24(26)27-16-18-7-6-10-22(15-18)28-21-8-4-3-5-9-21/h3-15,17,23H,16H2,1-2H3. The maximum atomic E-state index is 12.8. The fourth-order valence-corrected chi connectivity index (χ4v) is 3.30. The van der Waals surface area contributed by atoms with E-state index < -0.39 is 0 Å². The fourth-order valence-electron chi connectivity index (χ4n) is 3.03. The molecule has 3 aromatic rings. The van der Waals surface area contributed by atoms with E-state index in [1.54, 1.807) is 0 Å². The van der Waals surface area contributed by atoms with Gasteiger partial charge in [-0.15, -0.1) is 0 Å². The third-order valence-corrected chi connectivity index (χ3v) is 4.94. The Morgan fingerprint density at radius 1 is 0.893 bits per heavy atom. The predicted octanol–water partition coefficient (Wildman–Crippen LogP) is 6.72. The Hall–Kier alpha value is -2.59. The number of carbonyl (C=O) groups is 1. The van der Waals surface area contributed by atoms with Crippen molar-refractivity contribution in [3.05, 3.63) is 94.5 Å². The van der Waals surface area contributed by atoms with Crippen molar-refractivity contribution < 1.29 is 14.3 Å². The van der Waals surface area contributed by atoms with Gasteiger partial charge < -0.3 is 9.47 Å². The number of rotatable bonds is 7. The largest absolute Gasteiger partial charge is 0.460 e. The van der Waals surface area contributed by atoms with Gasteiger partial charge in [-0.2, -0.15) is 0 Å². The predicted molar refractivity (Wildman–Crippen MR) is 114 cm³/mol. The zero-order valence-electron chi connectivity index (χ0n) is 16.0. The van der Waals surface area contributed by atoms with Crippen LogP contribution in [0.4, 0.5) is 0 Å². The zero-order chi connectivity index (χ0) is 19.9. The van der Waals surface area contributed by atoms with Crippen molar-refractivity contribution >= 4 is 21.9 Å². The summed E-state index contributed by atoms with van der Waals surface area (Å²) in [5, 5.41) is 0. The van der Waals surface area contributed by atoms with Crippen molar-refractivity contribution in [2.45, 2.75) is 26.4 Å². The second-order valence-corrected chi connectivity index (χ2v) is 7.86. The molecule has 0 fully saturated rings. The minimum absolute atomic E-state index is 0.140. The van der Waals surface area contributed by atoms with Gasteiger partial charge >= 0.3 is 5.97 Å². The molecule has 0 aliphatic carbocycles. The van der Waals surface area contributed by atoms with E-state index in [-0.39, 0.29) is 24.4 Å². The van der Waals surface area contributed by atoms with Crippen LogP contribution in [0.25, 0.3) is 0 Å². The number of hydrogen-bond acceptors (Lipinski definition) is 3. The lowest BCUT2D eigenvalue weighted by Crippen LogP contribution is -2.20. The molecule has 0 spiro atoms. The Kier molecular flexibility index (Phi) is 6.88. The molecule has 0 aromatic heterocycles. The minimum Gasteiger partial charge on any atom is -0.460 e. The normalized spacial score (nSPS) is 11.9. The van der Waals surface area contributed by atoms with Crippen LogP contribution in [-0.2, 0) is 16.1 Å². The van der Waals surface area contributed by atoms with Crippen molar-refractivity contribution in [1.29, 1.82) is 0 Å². The van der Waals surface area contributed by atoms with Crippen LogP contribution in [0.5, 0.6) is 11.5 Å². The van der Waals surface area contributed by atoms with Gasteiger partial charge in [0.05, 0.1) is 5.92 Å². The summed E-state index contributed by atoms with van der Waals surface area (Å²) in [6.45, 7) is 4.27. The number of para-hydroxylation sites is 1. The first-order valence-electron chi connectivity index (χ1n) is 9.27. The summed E-state index contributed by atoms with van der Waals surface area (Å²) in [5.41, 5.74) is 1.85. The number of esters is 1. The van der Waals surface area contributed by atoms with Crippen LogP contribution in [0.3, 0.4) is 0 Å². The minimum atomic E-state index is -0.295. The van der Waals surface area contributed by atoms with Crippen LogP contribution < -0.4 is 4.74 Å². The van der Waals surface area contributed by atoms with Gasteiger partial charge in [0.25, 0.3) is 0 Å². The lowest BCUT2D eigenvalue weighted by molar-refractivity contribution is -0.148. The van der Waals surface area contributed by atoms with Gasteiger partial charge in [0.2, 0.25) is 0 Å². The van der Waals surface area contributed by atoms with Gasteiger partial charge in [0, 0.05) is 4.47 Å². The summed E-state index contributed by atoms with van der Waals surface area (Å²) in [5.74, 6) is 1.12.